The highest BCUT2D eigenvalue weighted by molar-refractivity contribution is 9.10. The molecule has 0 aliphatic carbocycles. The smallest absolute Gasteiger partial charge is 0.240 e. The van der Waals surface area contributed by atoms with Crippen LogP contribution in [0.25, 0.3) is 0 Å². The third-order valence-corrected chi connectivity index (χ3v) is 6.80. The van der Waals surface area contributed by atoms with E-state index in [1.807, 2.05) is 24.3 Å². The van der Waals surface area contributed by atoms with Crippen molar-refractivity contribution in [3.63, 3.8) is 0 Å². The normalized spacial score (nSPS) is 17.0. The molecule has 0 bridgehead atoms. The van der Waals surface area contributed by atoms with E-state index >= 15 is 0 Å². The van der Waals surface area contributed by atoms with Crippen molar-refractivity contribution in [3.8, 4) is 5.75 Å². The Morgan fingerprint density at radius 3 is 2.42 bits per heavy atom. The van der Waals surface area contributed by atoms with Gasteiger partial charge in [-0.25, -0.2) is 13.1 Å². The van der Waals surface area contributed by atoms with Crippen LogP contribution in [-0.4, -0.2) is 35.3 Å². The summed E-state index contributed by atoms with van der Waals surface area (Å²) in [5, 5.41) is 0. The van der Waals surface area contributed by atoms with Gasteiger partial charge in [0.15, 0.2) is 0 Å². The van der Waals surface area contributed by atoms with Gasteiger partial charge in [0.1, 0.15) is 5.75 Å². The van der Waals surface area contributed by atoms with Gasteiger partial charge in [-0.1, -0.05) is 34.1 Å². The summed E-state index contributed by atoms with van der Waals surface area (Å²) in [6, 6.07) is 14.4. The Kier molecular flexibility index (Phi) is 6.02. The summed E-state index contributed by atoms with van der Waals surface area (Å²) in [5.74, 6) is 0.775. The molecule has 1 fully saturated rings. The number of hydrogen-bond donors (Lipinski definition) is 1. The van der Waals surface area contributed by atoms with Gasteiger partial charge < -0.3 is 9.47 Å². The van der Waals surface area contributed by atoms with Crippen LogP contribution in [0, 0.1) is 0 Å². The van der Waals surface area contributed by atoms with Crippen LogP contribution < -0.4 is 9.46 Å². The third kappa shape index (κ3) is 4.11. The number of halogens is 1. The van der Waals surface area contributed by atoms with Crippen LogP contribution in [0.2, 0.25) is 0 Å². The largest absolute Gasteiger partial charge is 0.496 e. The fourth-order valence-corrected chi connectivity index (χ4v) is 4.71. The minimum Gasteiger partial charge on any atom is -0.496 e. The first-order valence-electron chi connectivity index (χ1n) is 8.43. The van der Waals surface area contributed by atoms with Gasteiger partial charge >= 0.3 is 0 Å². The van der Waals surface area contributed by atoms with Gasteiger partial charge in [-0.2, -0.15) is 0 Å². The highest BCUT2D eigenvalue weighted by Gasteiger charge is 2.37. The molecule has 7 heteroatoms. The van der Waals surface area contributed by atoms with Crippen molar-refractivity contribution >= 4 is 26.0 Å². The van der Waals surface area contributed by atoms with E-state index in [1.54, 1.807) is 31.4 Å². The van der Waals surface area contributed by atoms with Gasteiger partial charge in [0, 0.05) is 35.2 Å². The quantitative estimate of drug-likeness (QED) is 0.747. The van der Waals surface area contributed by atoms with Crippen molar-refractivity contribution in [1.29, 1.82) is 0 Å². The molecule has 1 aliphatic heterocycles. The lowest BCUT2D eigenvalue weighted by Crippen LogP contribution is -2.44. The Hall–Kier alpha value is -1.41. The lowest BCUT2D eigenvalue weighted by atomic mass is 9.74. The third-order valence-electron chi connectivity index (χ3n) is 4.85. The van der Waals surface area contributed by atoms with E-state index in [2.05, 4.69) is 20.7 Å². The Bertz CT molecular complexity index is 846. The molecule has 26 heavy (non-hydrogen) atoms. The molecule has 0 amide bonds. The van der Waals surface area contributed by atoms with E-state index in [0.29, 0.717) is 19.8 Å². The molecule has 0 atom stereocenters. The molecule has 0 spiro atoms. The first-order chi connectivity index (χ1) is 12.5. The van der Waals surface area contributed by atoms with Crippen LogP contribution >= 0.6 is 15.9 Å². The molecule has 1 aliphatic rings. The molecule has 0 radical (unpaired) electrons. The summed E-state index contributed by atoms with van der Waals surface area (Å²) >= 11 is 3.33. The molecular formula is C19H22BrNO4S. The van der Waals surface area contributed by atoms with Crippen LogP contribution in [0.3, 0.4) is 0 Å². The number of benzene rings is 2. The van der Waals surface area contributed by atoms with Crippen molar-refractivity contribution in [1.82, 2.24) is 4.72 Å². The Balaban J connectivity index is 1.89. The number of sulfonamides is 1. The van der Waals surface area contributed by atoms with Gasteiger partial charge in [0.25, 0.3) is 0 Å². The van der Waals surface area contributed by atoms with Gasteiger partial charge in [-0.3, -0.25) is 0 Å². The highest BCUT2D eigenvalue weighted by Crippen LogP contribution is 2.39. The van der Waals surface area contributed by atoms with Gasteiger partial charge in [0.05, 0.1) is 12.0 Å². The number of rotatable bonds is 6. The maximum Gasteiger partial charge on any atom is 0.240 e. The second kappa shape index (κ2) is 8.08. The topological polar surface area (TPSA) is 64.6 Å². The molecule has 1 heterocycles. The second-order valence-electron chi connectivity index (χ2n) is 6.37. The molecule has 2 aromatic carbocycles. The predicted molar refractivity (Wildman–Crippen MR) is 104 cm³/mol. The van der Waals surface area contributed by atoms with Crippen molar-refractivity contribution < 1.29 is 17.9 Å². The average Bonchev–Trinajstić information content (AvgIpc) is 2.67. The zero-order valence-electron chi connectivity index (χ0n) is 14.6. The molecule has 1 N–H and O–H groups in total. The summed E-state index contributed by atoms with van der Waals surface area (Å²) in [6.07, 6.45) is 1.46. The predicted octanol–water partition coefficient (Wildman–Crippen LogP) is 3.48. The average molecular weight is 440 g/mol. The zero-order chi connectivity index (χ0) is 18.6. The zero-order valence-corrected chi connectivity index (χ0v) is 17.0. The van der Waals surface area contributed by atoms with Crippen LogP contribution in [0.4, 0.5) is 0 Å². The highest BCUT2D eigenvalue weighted by atomic mass is 79.9. The Morgan fingerprint density at radius 2 is 1.77 bits per heavy atom. The van der Waals surface area contributed by atoms with Gasteiger partial charge in [-0.05, 0) is 43.2 Å². The summed E-state index contributed by atoms with van der Waals surface area (Å²) in [6.45, 7) is 1.49. The van der Waals surface area contributed by atoms with Gasteiger partial charge in [-0.15, -0.1) is 0 Å². The van der Waals surface area contributed by atoms with E-state index in [-0.39, 0.29) is 10.3 Å². The number of ether oxygens (including phenoxy) is 2. The minimum absolute atomic E-state index is 0.253. The molecular weight excluding hydrogens is 418 g/mol. The van der Waals surface area contributed by atoms with Crippen molar-refractivity contribution in [2.24, 2.45) is 0 Å². The number of nitrogens with one attached hydrogen (secondary N) is 1. The first kappa shape index (κ1) is 19.4. The van der Waals surface area contributed by atoms with Gasteiger partial charge in [0.2, 0.25) is 10.0 Å². The molecule has 0 saturated carbocycles. The Morgan fingerprint density at radius 1 is 1.12 bits per heavy atom. The lowest BCUT2D eigenvalue weighted by Gasteiger charge is -2.38. The molecule has 3 rings (SSSR count). The van der Waals surface area contributed by atoms with Crippen LogP contribution in [0.5, 0.6) is 5.75 Å². The molecule has 140 valence electrons. The summed E-state index contributed by atoms with van der Waals surface area (Å²) in [4.78, 5) is 0.253. The molecule has 1 saturated heterocycles. The maximum absolute atomic E-state index is 12.7. The second-order valence-corrected chi connectivity index (χ2v) is 9.05. The van der Waals surface area contributed by atoms with E-state index < -0.39 is 10.0 Å². The Labute approximate surface area is 162 Å². The summed E-state index contributed by atoms with van der Waals surface area (Å²) < 4.78 is 40.1. The molecule has 2 aromatic rings. The van der Waals surface area contributed by atoms with Crippen LogP contribution in [0.15, 0.2) is 57.9 Å². The fourth-order valence-electron chi connectivity index (χ4n) is 3.32. The summed E-state index contributed by atoms with van der Waals surface area (Å²) in [7, 11) is -1.96. The monoisotopic (exact) mass is 439 g/mol. The molecule has 0 unspecified atom stereocenters. The van der Waals surface area contributed by atoms with Crippen molar-refractivity contribution in [2.75, 3.05) is 26.9 Å². The number of hydrogen-bond acceptors (Lipinski definition) is 4. The number of methoxy groups -OCH3 is 1. The molecule has 0 aromatic heterocycles. The van der Waals surface area contributed by atoms with Crippen molar-refractivity contribution in [2.45, 2.75) is 23.2 Å². The standard InChI is InChI=1S/C19H22BrNO4S/c1-24-18-5-3-2-4-17(18)19(10-12-25-13-11-19)14-21-26(22,23)16-8-6-15(20)7-9-16/h2-9,21H,10-14H2,1H3. The fraction of sp³-hybridized carbons (Fsp3) is 0.368. The molecule has 5 nitrogen and oxygen atoms in total. The minimum atomic E-state index is -3.59. The first-order valence-corrected chi connectivity index (χ1v) is 10.7. The maximum atomic E-state index is 12.7. The van der Waals surface area contributed by atoms with E-state index in [4.69, 9.17) is 9.47 Å². The number of para-hydroxylation sites is 1. The SMILES string of the molecule is COc1ccccc1C1(CNS(=O)(=O)c2ccc(Br)cc2)CCOCC1. The lowest BCUT2D eigenvalue weighted by molar-refractivity contribution is 0.0509. The van der Waals surface area contributed by atoms with E-state index in [1.165, 1.54) is 0 Å². The van der Waals surface area contributed by atoms with E-state index in [9.17, 15) is 8.42 Å². The summed E-state index contributed by atoms with van der Waals surface area (Å²) in [5.41, 5.74) is 0.664. The van der Waals surface area contributed by atoms with E-state index in [0.717, 1.165) is 28.6 Å². The van der Waals surface area contributed by atoms with Crippen LogP contribution in [0.1, 0.15) is 18.4 Å². The van der Waals surface area contributed by atoms with Crippen LogP contribution in [-0.2, 0) is 20.2 Å². The van der Waals surface area contributed by atoms with Crippen molar-refractivity contribution in [3.05, 3.63) is 58.6 Å².